The van der Waals surface area contributed by atoms with Crippen molar-refractivity contribution in [1.82, 2.24) is 4.57 Å². The Kier molecular flexibility index (Phi) is 3.33. The summed E-state index contributed by atoms with van der Waals surface area (Å²) in [4.78, 5) is 12.5. The van der Waals surface area contributed by atoms with Gasteiger partial charge in [0.15, 0.2) is 0 Å². The number of benzene rings is 2. The molecule has 0 saturated heterocycles. The predicted octanol–water partition coefficient (Wildman–Crippen LogP) is 4.01. The van der Waals surface area contributed by atoms with E-state index in [-0.39, 0.29) is 5.56 Å². The number of pyridine rings is 1. The van der Waals surface area contributed by atoms with Crippen LogP contribution in [0.15, 0.2) is 59.4 Å². The second kappa shape index (κ2) is 5.14. The van der Waals surface area contributed by atoms with E-state index >= 15 is 0 Å². The summed E-state index contributed by atoms with van der Waals surface area (Å²) in [6.45, 7) is 2.33. The highest BCUT2D eigenvalue weighted by Crippen LogP contribution is 2.24. The van der Waals surface area contributed by atoms with Gasteiger partial charge in [-0.05, 0) is 18.6 Å². The lowest BCUT2D eigenvalue weighted by Crippen LogP contribution is -2.23. The average Bonchev–Trinajstić information content (AvgIpc) is 2.50. The summed E-state index contributed by atoms with van der Waals surface area (Å²) >= 11 is 6.29. The number of rotatable bonds is 2. The standard InChI is InChI=1S/C17H14ClNO/c1-12-16(18)14-9-5-6-10-15(14)19(17(12)20)11-13-7-3-2-4-8-13/h2-10H,11H2,1H3. The predicted molar refractivity (Wildman–Crippen MR) is 83.5 cm³/mol. The van der Waals surface area contributed by atoms with E-state index in [2.05, 4.69) is 0 Å². The van der Waals surface area contributed by atoms with Gasteiger partial charge in [0.05, 0.1) is 17.1 Å². The van der Waals surface area contributed by atoms with Crippen LogP contribution in [0.4, 0.5) is 0 Å². The van der Waals surface area contributed by atoms with Gasteiger partial charge in [-0.1, -0.05) is 60.1 Å². The summed E-state index contributed by atoms with van der Waals surface area (Å²) in [6, 6.07) is 17.7. The van der Waals surface area contributed by atoms with Gasteiger partial charge in [-0.2, -0.15) is 0 Å². The first-order valence-corrected chi connectivity index (χ1v) is 6.88. The van der Waals surface area contributed by atoms with Gasteiger partial charge >= 0.3 is 0 Å². The molecule has 20 heavy (non-hydrogen) atoms. The maximum absolute atomic E-state index is 12.5. The van der Waals surface area contributed by atoms with Gasteiger partial charge in [-0.25, -0.2) is 0 Å². The van der Waals surface area contributed by atoms with E-state index in [1.54, 1.807) is 11.5 Å². The fourth-order valence-electron chi connectivity index (χ4n) is 2.43. The largest absolute Gasteiger partial charge is 0.304 e. The molecule has 3 rings (SSSR count). The molecule has 100 valence electrons. The van der Waals surface area contributed by atoms with Crippen LogP contribution in [0.25, 0.3) is 10.9 Å². The number of nitrogens with zero attached hydrogens (tertiary/aromatic N) is 1. The van der Waals surface area contributed by atoms with Crippen molar-refractivity contribution in [3.63, 3.8) is 0 Å². The fourth-order valence-corrected chi connectivity index (χ4v) is 2.67. The van der Waals surface area contributed by atoms with Crippen LogP contribution in [-0.4, -0.2) is 4.57 Å². The quantitative estimate of drug-likeness (QED) is 0.696. The highest BCUT2D eigenvalue weighted by Gasteiger charge is 2.11. The maximum atomic E-state index is 12.5. The molecule has 0 aliphatic rings. The van der Waals surface area contributed by atoms with Gasteiger partial charge in [0, 0.05) is 10.9 Å². The van der Waals surface area contributed by atoms with Crippen molar-refractivity contribution in [3.8, 4) is 0 Å². The maximum Gasteiger partial charge on any atom is 0.255 e. The van der Waals surface area contributed by atoms with E-state index in [4.69, 9.17) is 11.6 Å². The molecule has 0 aliphatic carbocycles. The first kappa shape index (κ1) is 12.9. The lowest BCUT2D eigenvalue weighted by Gasteiger charge is -2.13. The second-order valence-electron chi connectivity index (χ2n) is 4.83. The van der Waals surface area contributed by atoms with E-state index in [1.165, 1.54) is 0 Å². The summed E-state index contributed by atoms with van der Waals surface area (Å²) in [5, 5.41) is 1.47. The van der Waals surface area contributed by atoms with E-state index < -0.39 is 0 Å². The summed E-state index contributed by atoms with van der Waals surface area (Å²) in [5.41, 5.74) is 2.54. The topological polar surface area (TPSA) is 22.0 Å². The summed E-state index contributed by atoms with van der Waals surface area (Å²) in [7, 11) is 0. The van der Waals surface area contributed by atoms with Crippen LogP contribution in [-0.2, 0) is 6.54 Å². The van der Waals surface area contributed by atoms with Crippen molar-refractivity contribution in [3.05, 3.63) is 81.1 Å². The number of hydrogen-bond acceptors (Lipinski definition) is 1. The minimum atomic E-state index is -0.0300. The third-order valence-electron chi connectivity index (χ3n) is 3.51. The van der Waals surface area contributed by atoms with Gasteiger partial charge in [-0.15, -0.1) is 0 Å². The van der Waals surface area contributed by atoms with Crippen LogP contribution in [0.5, 0.6) is 0 Å². The molecule has 0 unspecified atom stereocenters. The Labute approximate surface area is 122 Å². The molecule has 0 N–H and O–H groups in total. The lowest BCUT2D eigenvalue weighted by atomic mass is 10.1. The third-order valence-corrected chi connectivity index (χ3v) is 4.00. The first-order chi connectivity index (χ1) is 9.68. The zero-order chi connectivity index (χ0) is 14.1. The van der Waals surface area contributed by atoms with E-state index in [9.17, 15) is 4.79 Å². The molecule has 0 radical (unpaired) electrons. The molecule has 1 heterocycles. The molecule has 2 aromatic carbocycles. The molecular formula is C17H14ClNO. The molecule has 0 bridgehead atoms. The molecule has 1 aromatic heterocycles. The molecule has 0 spiro atoms. The number of halogens is 1. The van der Waals surface area contributed by atoms with Gasteiger partial charge in [0.1, 0.15) is 0 Å². The Morgan fingerprint density at radius 2 is 1.65 bits per heavy atom. The van der Waals surface area contributed by atoms with Crippen LogP contribution in [0.2, 0.25) is 5.02 Å². The first-order valence-electron chi connectivity index (χ1n) is 6.50. The minimum Gasteiger partial charge on any atom is -0.304 e. The zero-order valence-electron chi connectivity index (χ0n) is 11.1. The third kappa shape index (κ3) is 2.12. The van der Waals surface area contributed by atoms with E-state index in [0.29, 0.717) is 17.1 Å². The van der Waals surface area contributed by atoms with Crippen LogP contribution >= 0.6 is 11.6 Å². The van der Waals surface area contributed by atoms with Crippen LogP contribution in [0, 0.1) is 6.92 Å². The lowest BCUT2D eigenvalue weighted by molar-refractivity contribution is 0.788. The smallest absolute Gasteiger partial charge is 0.255 e. The summed E-state index contributed by atoms with van der Waals surface area (Å²) in [6.07, 6.45) is 0. The molecule has 3 aromatic rings. The monoisotopic (exact) mass is 283 g/mol. The summed E-state index contributed by atoms with van der Waals surface area (Å²) in [5.74, 6) is 0. The van der Waals surface area contributed by atoms with Gasteiger partial charge in [0.2, 0.25) is 0 Å². The minimum absolute atomic E-state index is 0.0300. The highest BCUT2D eigenvalue weighted by molar-refractivity contribution is 6.36. The van der Waals surface area contributed by atoms with Crippen molar-refractivity contribution in [2.24, 2.45) is 0 Å². The Bertz CT molecular complexity index is 822. The number of aromatic nitrogens is 1. The average molecular weight is 284 g/mol. The Hall–Kier alpha value is -2.06. The summed E-state index contributed by atoms with van der Waals surface area (Å²) < 4.78 is 1.78. The molecule has 0 saturated carbocycles. The van der Waals surface area contributed by atoms with Crippen molar-refractivity contribution < 1.29 is 0 Å². The Balaban J connectivity index is 2.27. The Morgan fingerprint density at radius 3 is 2.40 bits per heavy atom. The van der Waals surface area contributed by atoms with Crippen LogP contribution < -0.4 is 5.56 Å². The van der Waals surface area contributed by atoms with Gasteiger partial charge < -0.3 is 4.57 Å². The van der Waals surface area contributed by atoms with Crippen LogP contribution in [0.1, 0.15) is 11.1 Å². The van der Waals surface area contributed by atoms with Gasteiger partial charge in [0.25, 0.3) is 5.56 Å². The molecule has 0 fully saturated rings. The molecule has 0 atom stereocenters. The zero-order valence-corrected chi connectivity index (χ0v) is 11.9. The van der Waals surface area contributed by atoms with E-state index in [0.717, 1.165) is 16.5 Å². The molecule has 0 aliphatic heterocycles. The number of para-hydroxylation sites is 1. The van der Waals surface area contributed by atoms with Crippen LogP contribution in [0.3, 0.4) is 0 Å². The molecule has 0 amide bonds. The normalized spacial score (nSPS) is 10.9. The van der Waals surface area contributed by atoms with Gasteiger partial charge in [-0.3, -0.25) is 4.79 Å². The SMILES string of the molecule is Cc1c(Cl)c2ccccc2n(Cc2ccccc2)c1=O. The van der Waals surface area contributed by atoms with Crippen molar-refractivity contribution >= 4 is 22.5 Å². The Morgan fingerprint density at radius 1 is 1.00 bits per heavy atom. The second-order valence-corrected chi connectivity index (χ2v) is 5.21. The van der Waals surface area contributed by atoms with Crippen molar-refractivity contribution in [2.45, 2.75) is 13.5 Å². The number of hydrogen-bond donors (Lipinski definition) is 0. The van der Waals surface area contributed by atoms with Crippen molar-refractivity contribution in [1.29, 1.82) is 0 Å². The molecular weight excluding hydrogens is 270 g/mol. The van der Waals surface area contributed by atoms with E-state index in [1.807, 2.05) is 54.6 Å². The van der Waals surface area contributed by atoms with Crippen molar-refractivity contribution in [2.75, 3.05) is 0 Å². The number of fused-ring (bicyclic) bond motifs is 1. The molecule has 2 nitrogen and oxygen atoms in total. The molecule has 3 heteroatoms. The fraction of sp³-hybridized carbons (Fsp3) is 0.118. The highest BCUT2D eigenvalue weighted by atomic mass is 35.5.